The van der Waals surface area contributed by atoms with E-state index in [-0.39, 0.29) is 18.5 Å². The number of carbonyl (C=O) groups excluding carboxylic acids is 1. The van der Waals surface area contributed by atoms with Crippen molar-refractivity contribution in [2.75, 3.05) is 27.7 Å². The number of nitrogens with zero attached hydrogens (tertiary/aromatic N) is 5. The van der Waals surface area contributed by atoms with E-state index in [9.17, 15) is 4.79 Å². The molecule has 8 nitrogen and oxygen atoms in total. The zero-order valence-corrected chi connectivity index (χ0v) is 14.6. The second kappa shape index (κ2) is 7.43. The molecule has 0 saturated heterocycles. The van der Waals surface area contributed by atoms with E-state index in [1.165, 1.54) is 0 Å². The normalized spacial score (nSPS) is 17.8. The third-order valence-corrected chi connectivity index (χ3v) is 3.86. The maximum absolute atomic E-state index is 11.6. The van der Waals surface area contributed by atoms with Gasteiger partial charge in [0.15, 0.2) is 11.8 Å². The number of rotatable bonds is 4. The van der Waals surface area contributed by atoms with Crippen molar-refractivity contribution in [2.45, 2.75) is 45.2 Å². The van der Waals surface area contributed by atoms with Crippen LogP contribution in [0.2, 0.25) is 0 Å². The number of carbonyl (C=O) groups is 1. The molecule has 128 valence electrons. The summed E-state index contributed by atoms with van der Waals surface area (Å²) in [4.78, 5) is 22.0. The van der Waals surface area contributed by atoms with E-state index in [2.05, 4.69) is 39.6 Å². The van der Waals surface area contributed by atoms with Gasteiger partial charge in [-0.25, -0.2) is 9.67 Å². The van der Waals surface area contributed by atoms with E-state index in [0.29, 0.717) is 11.9 Å². The van der Waals surface area contributed by atoms with E-state index in [0.717, 1.165) is 31.0 Å². The van der Waals surface area contributed by atoms with Crippen LogP contribution in [0.1, 0.15) is 37.8 Å². The number of fused-ring (bicyclic) bond motifs is 1. The molecule has 1 amide bonds. The Morgan fingerprint density at radius 1 is 1.48 bits per heavy atom. The summed E-state index contributed by atoms with van der Waals surface area (Å²) >= 11 is 0. The quantitative estimate of drug-likeness (QED) is 0.601. The molecule has 0 saturated carbocycles. The summed E-state index contributed by atoms with van der Waals surface area (Å²) < 4.78 is 1.98. The van der Waals surface area contributed by atoms with Gasteiger partial charge in [0.1, 0.15) is 5.82 Å². The zero-order valence-electron chi connectivity index (χ0n) is 14.6. The molecule has 0 bridgehead atoms. The summed E-state index contributed by atoms with van der Waals surface area (Å²) in [6, 6.07) is 0.227. The lowest BCUT2D eigenvalue weighted by Crippen LogP contribution is -2.49. The fraction of sp³-hybridized carbons (Fsp3) is 0.733. The lowest BCUT2D eigenvalue weighted by atomic mass is 10.1. The van der Waals surface area contributed by atoms with Crippen LogP contribution in [0.15, 0.2) is 4.99 Å². The number of aliphatic imine (C=N–C) groups is 1. The van der Waals surface area contributed by atoms with E-state index < -0.39 is 0 Å². The van der Waals surface area contributed by atoms with Crippen LogP contribution in [-0.4, -0.2) is 65.3 Å². The van der Waals surface area contributed by atoms with Gasteiger partial charge in [-0.15, -0.1) is 0 Å². The van der Waals surface area contributed by atoms with Gasteiger partial charge in [0.2, 0.25) is 5.91 Å². The highest BCUT2D eigenvalue weighted by atomic mass is 16.2. The summed E-state index contributed by atoms with van der Waals surface area (Å²) in [5.41, 5.74) is 0. The number of amides is 1. The van der Waals surface area contributed by atoms with Gasteiger partial charge < -0.3 is 15.5 Å². The van der Waals surface area contributed by atoms with Crippen LogP contribution in [0.4, 0.5) is 0 Å². The Bertz CT molecular complexity index is 576. The molecule has 0 radical (unpaired) electrons. The molecule has 1 aromatic rings. The summed E-state index contributed by atoms with van der Waals surface area (Å²) in [5, 5.41) is 11.0. The third-order valence-electron chi connectivity index (χ3n) is 3.86. The highest BCUT2D eigenvalue weighted by Crippen LogP contribution is 2.16. The number of aromatic nitrogens is 3. The number of nitrogens with one attached hydrogen (secondary N) is 2. The average Bonchev–Trinajstić information content (AvgIpc) is 2.94. The molecule has 1 aliphatic rings. The van der Waals surface area contributed by atoms with Gasteiger partial charge in [-0.05, 0) is 6.42 Å². The minimum absolute atomic E-state index is 0.0109. The molecule has 1 atom stereocenters. The standard InChI is InChI=1S/C15H27N7O/c1-10(2)14-19-12-7-6-11(9-22(12)20-14)18-15(16-3)17-8-13(23)21(4)5/h10-11H,6-9H2,1-5H3,(H2,16,17,18). The van der Waals surface area contributed by atoms with Gasteiger partial charge in [0.25, 0.3) is 0 Å². The maximum atomic E-state index is 11.6. The molecule has 0 spiro atoms. The lowest BCUT2D eigenvalue weighted by molar-refractivity contribution is -0.127. The van der Waals surface area contributed by atoms with Crippen molar-refractivity contribution in [1.82, 2.24) is 30.3 Å². The number of aryl methyl sites for hydroxylation is 1. The third kappa shape index (κ3) is 4.43. The Balaban J connectivity index is 1.91. The van der Waals surface area contributed by atoms with Crippen LogP contribution in [0.5, 0.6) is 0 Å². The SMILES string of the molecule is CN=C(NCC(=O)N(C)C)NC1CCc2nc(C(C)C)nn2C1. The predicted molar refractivity (Wildman–Crippen MR) is 89.4 cm³/mol. The molecule has 1 aliphatic heterocycles. The van der Waals surface area contributed by atoms with Gasteiger partial charge >= 0.3 is 0 Å². The molecule has 0 aliphatic carbocycles. The smallest absolute Gasteiger partial charge is 0.241 e. The van der Waals surface area contributed by atoms with Gasteiger partial charge in [-0.2, -0.15) is 5.10 Å². The van der Waals surface area contributed by atoms with Crippen LogP contribution < -0.4 is 10.6 Å². The van der Waals surface area contributed by atoms with Gasteiger partial charge in [0, 0.05) is 39.5 Å². The lowest BCUT2D eigenvalue weighted by Gasteiger charge is -2.25. The van der Waals surface area contributed by atoms with E-state index in [4.69, 9.17) is 0 Å². The van der Waals surface area contributed by atoms with Crippen LogP contribution in [0, 0.1) is 0 Å². The number of likely N-dealkylation sites (N-methyl/N-ethyl adjacent to an activating group) is 1. The first kappa shape index (κ1) is 17.2. The first-order chi connectivity index (χ1) is 10.9. The second-order valence-corrected chi connectivity index (χ2v) is 6.32. The Morgan fingerprint density at radius 2 is 2.22 bits per heavy atom. The van der Waals surface area contributed by atoms with Crippen LogP contribution in [-0.2, 0) is 17.8 Å². The highest BCUT2D eigenvalue weighted by Gasteiger charge is 2.23. The topological polar surface area (TPSA) is 87.4 Å². The Morgan fingerprint density at radius 3 is 2.83 bits per heavy atom. The molecule has 1 aromatic heterocycles. The summed E-state index contributed by atoms with van der Waals surface area (Å²) in [7, 11) is 5.18. The fourth-order valence-electron chi connectivity index (χ4n) is 2.40. The Kier molecular flexibility index (Phi) is 5.57. The molecular formula is C15H27N7O. The number of guanidine groups is 1. The Hall–Kier alpha value is -2.12. The first-order valence-corrected chi connectivity index (χ1v) is 8.01. The number of hydrogen-bond acceptors (Lipinski definition) is 4. The molecular weight excluding hydrogens is 294 g/mol. The summed E-state index contributed by atoms with van der Waals surface area (Å²) in [6.45, 7) is 5.19. The average molecular weight is 321 g/mol. The highest BCUT2D eigenvalue weighted by molar-refractivity contribution is 5.86. The van der Waals surface area contributed by atoms with Crippen molar-refractivity contribution in [3.8, 4) is 0 Å². The van der Waals surface area contributed by atoms with Gasteiger partial charge in [-0.1, -0.05) is 13.8 Å². The molecule has 8 heteroatoms. The summed E-state index contributed by atoms with van der Waals surface area (Å²) in [6.07, 6.45) is 1.86. The van der Waals surface area contributed by atoms with Crippen molar-refractivity contribution < 1.29 is 4.79 Å². The van der Waals surface area contributed by atoms with Crippen molar-refractivity contribution >= 4 is 11.9 Å². The molecule has 1 unspecified atom stereocenters. The number of hydrogen-bond donors (Lipinski definition) is 2. The fourth-order valence-corrected chi connectivity index (χ4v) is 2.40. The van der Waals surface area contributed by atoms with Crippen molar-refractivity contribution in [2.24, 2.45) is 4.99 Å². The van der Waals surface area contributed by atoms with Gasteiger partial charge in [-0.3, -0.25) is 9.79 Å². The van der Waals surface area contributed by atoms with Crippen LogP contribution >= 0.6 is 0 Å². The maximum Gasteiger partial charge on any atom is 0.241 e. The van der Waals surface area contributed by atoms with E-state index >= 15 is 0 Å². The monoisotopic (exact) mass is 321 g/mol. The van der Waals surface area contributed by atoms with Crippen molar-refractivity contribution in [3.05, 3.63) is 11.6 Å². The Labute approximate surface area is 137 Å². The zero-order chi connectivity index (χ0) is 17.0. The van der Waals surface area contributed by atoms with Gasteiger partial charge in [0.05, 0.1) is 13.1 Å². The van der Waals surface area contributed by atoms with Crippen LogP contribution in [0.25, 0.3) is 0 Å². The molecule has 0 aromatic carbocycles. The van der Waals surface area contributed by atoms with E-state index in [1.54, 1.807) is 26.0 Å². The molecule has 2 rings (SSSR count). The molecule has 0 fully saturated rings. The van der Waals surface area contributed by atoms with Crippen molar-refractivity contribution in [1.29, 1.82) is 0 Å². The summed E-state index contributed by atoms with van der Waals surface area (Å²) in [5.74, 6) is 2.94. The minimum Gasteiger partial charge on any atom is -0.352 e. The first-order valence-electron chi connectivity index (χ1n) is 8.01. The van der Waals surface area contributed by atoms with E-state index in [1.807, 2.05) is 4.68 Å². The minimum atomic E-state index is 0.0109. The molecule has 23 heavy (non-hydrogen) atoms. The van der Waals surface area contributed by atoms with Crippen LogP contribution in [0.3, 0.4) is 0 Å². The molecule has 2 heterocycles. The second-order valence-electron chi connectivity index (χ2n) is 6.32. The molecule has 2 N–H and O–H groups in total. The van der Waals surface area contributed by atoms with Crippen molar-refractivity contribution in [3.63, 3.8) is 0 Å². The predicted octanol–water partition coefficient (Wildman–Crippen LogP) is -0.0305. The largest absolute Gasteiger partial charge is 0.352 e.